The van der Waals surface area contributed by atoms with Crippen molar-refractivity contribution in [2.75, 3.05) is 35.0 Å². The smallest absolute Gasteiger partial charge is 0.277 e. The number of nitrogens with zero attached hydrogens (tertiary/aromatic N) is 1. The van der Waals surface area contributed by atoms with E-state index < -0.39 is 5.91 Å². The van der Waals surface area contributed by atoms with Gasteiger partial charge in [-0.05, 0) is 30.3 Å². The lowest BCUT2D eigenvalue weighted by atomic mass is 10.2. The molecule has 144 valence electrons. The van der Waals surface area contributed by atoms with Crippen LogP contribution in [-0.2, 0) is 4.79 Å². The largest absolute Gasteiger partial charge is 0.497 e. The van der Waals surface area contributed by atoms with Crippen LogP contribution in [0.3, 0.4) is 0 Å². The molecule has 8 heteroatoms. The number of hydrogen-bond acceptors (Lipinski definition) is 7. The van der Waals surface area contributed by atoms with Gasteiger partial charge in [-0.1, -0.05) is 0 Å². The van der Waals surface area contributed by atoms with Crippen molar-refractivity contribution < 1.29 is 28.5 Å². The predicted octanol–water partition coefficient (Wildman–Crippen LogP) is 2.25. The zero-order valence-electron chi connectivity index (χ0n) is 15.6. The first-order valence-electron chi connectivity index (χ1n) is 8.00. The number of carbonyl (C=O) groups is 1. The second-order valence-electron chi connectivity index (χ2n) is 5.21. The SMILES string of the molecule is COc1ccc(OCC(=O)NN=Cc2cc(OC)c(OC)cc2OC)cc1. The Balaban J connectivity index is 1.94. The number of amides is 1. The molecule has 0 aliphatic carbocycles. The fraction of sp³-hybridized carbons (Fsp3) is 0.263. The Labute approximate surface area is 157 Å². The molecule has 27 heavy (non-hydrogen) atoms. The maximum atomic E-state index is 11.9. The molecule has 0 aliphatic heterocycles. The number of methoxy groups -OCH3 is 4. The first-order valence-corrected chi connectivity index (χ1v) is 8.00. The summed E-state index contributed by atoms with van der Waals surface area (Å²) in [6, 6.07) is 10.3. The Morgan fingerprint density at radius 1 is 0.889 bits per heavy atom. The van der Waals surface area contributed by atoms with Gasteiger partial charge >= 0.3 is 0 Å². The second kappa shape index (κ2) is 9.91. The molecule has 0 saturated carbocycles. The molecule has 2 rings (SSSR count). The minimum Gasteiger partial charge on any atom is -0.497 e. The van der Waals surface area contributed by atoms with Crippen LogP contribution in [0.25, 0.3) is 0 Å². The van der Waals surface area contributed by atoms with Gasteiger partial charge < -0.3 is 23.7 Å². The van der Waals surface area contributed by atoms with Crippen LogP contribution in [0.15, 0.2) is 41.5 Å². The molecule has 2 aromatic carbocycles. The van der Waals surface area contributed by atoms with E-state index in [1.165, 1.54) is 27.5 Å². The van der Waals surface area contributed by atoms with Crippen molar-refractivity contribution in [2.45, 2.75) is 0 Å². The zero-order chi connectivity index (χ0) is 19.6. The molecule has 1 amide bonds. The number of hydrogen-bond donors (Lipinski definition) is 1. The standard InChI is InChI=1S/C19H22N2O6/c1-23-14-5-7-15(8-6-14)27-12-19(22)21-20-11-13-9-17(25-3)18(26-4)10-16(13)24-2/h5-11H,12H2,1-4H3,(H,21,22). The van der Waals surface area contributed by atoms with E-state index in [1.807, 2.05) is 0 Å². The molecule has 0 atom stereocenters. The molecule has 0 spiro atoms. The number of carbonyl (C=O) groups excluding carboxylic acids is 1. The maximum Gasteiger partial charge on any atom is 0.277 e. The van der Waals surface area contributed by atoms with Crippen LogP contribution in [0.1, 0.15) is 5.56 Å². The molecule has 0 aromatic heterocycles. The molecule has 0 radical (unpaired) electrons. The first kappa shape index (κ1) is 19.9. The lowest BCUT2D eigenvalue weighted by Gasteiger charge is -2.11. The van der Waals surface area contributed by atoms with Crippen LogP contribution in [0.2, 0.25) is 0 Å². The summed E-state index contributed by atoms with van der Waals surface area (Å²) in [5, 5.41) is 3.92. The molecule has 0 fully saturated rings. The van der Waals surface area contributed by atoms with Gasteiger partial charge in [0.15, 0.2) is 18.1 Å². The van der Waals surface area contributed by atoms with Gasteiger partial charge in [-0.2, -0.15) is 5.10 Å². The summed E-state index contributed by atoms with van der Waals surface area (Å²) in [6.45, 7) is -0.174. The molecular formula is C19H22N2O6. The Morgan fingerprint density at radius 3 is 2.07 bits per heavy atom. The number of ether oxygens (including phenoxy) is 5. The van der Waals surface area contributed by atoms with Crippen LogP contribution in [0.5, 0.6) is 28.7 Å². The summed E-state index contributed by atoms with van der Waals surface area (Å²) in [7, 11) is 6.17. The molecule has 1 N–H and O–H groups in total. The molecular weight excluding hydrogens is 352 g/mol. The van der Waals surface area contributed by atoms with E-state index in [-0.39, 0.29) is 6.61 Å². The fourth-order valence-corrected chi connectivity index (χ4v) is 2.18. The van der Waals surface area contributed by atoms with Crippen molar-refractivity contribution in [1.82, 2.24) is 5.43 Å². The van der Waals surface area contributed by atoms with Crippen LogP contribution in [0, 0.1) is 0 Å². The summed E-state index contributed by atoms with van der Waals surface area (Å²) in [5.41, 5.74) is 3.01. The van der Waals surface area contributed by atoms with Gasteiger partial charge in [0.25, 0.3) is 5.91 Å². The summed E-state index contributed by atoms with van der Waals surface area (Å²) < 4.78 is 26.2. The molecule has 8 nitrogen and oxygen atoms in total. The van der Waals surface area contributed by atoms with Crippen molar-refractivity contribution in [1.29, 1.82) is 0 Å². The third-order valence-electron chi connectivity index (χ3n) is 3.56. The molecule has 0 saturated heterocycles. The van der Waals surface area contributed by atoms with Gasteiger partial charge in [0.05, 0.1) is 34.7 Å². The van der Waals surface area contributed by atoms with Gasteiger partial charge in [0.1, 0.15) is 17.2 Å². The van der Waals surface area contributed by atoms with Crippen molar-refractivity contribution in [2.24, 2.45) is 5.10 Å². The van der Waals surface area contributed by atoms with Crippen LogP contribution in [0.4, 0.5) is 0 Å². The first-order chi connectivity index (χ1) is 13.1. The Morgan fingerprint density at radius 2 is 1.48 bits per heavy atom. The van der Waals surface area contributed by atoms with E-state index in [2.05, 4.69) is 10.5 Å². The zero-order valence-corrected chi connectivity index (χ0v) is 15.6. The van der Waals surface area contributed by atoms with Gasteiger partial charge in [0.2, 0.25) is 0 Å². The Hall–Kier alpha value is -3.42. The minimum absolute atomic E-state index is 0.174. The normalized spacial score (nSPS) is 10.4. The fourth-order valence-electron chi connectivity index (χ4n) is 2.18. The van der Waals surface area contributed by atoms with Crippen LogP contribution < -0.4 is 29.1 Å². The van der Waals surface area contributed by atoms with E-state index in [4.69, 9.17) is 23.7 Å². The average Bonchev–Trinajstić information content (AvgIpc) is 2.72. The van der Waals surface area contributed by atoms with Gasteiger partial charge in [-0.25, -0.2) is 5.43 Å². The van der Waals surface area contributed by atoms with E-state index in [1.54, 1.807) is 43.5 Å². The monoisotopic (exact) mass is 374 g/mol. The molecule has 2 aromatic rings. The molecule has 0 bridgehead atoms. The van der Waals surface area contributed by atoms with Crippen LogP contribution in [-0.4, -0.2) is 47.2 Å². The van der Waals surface area contributed by atoms with Crippen molar-refractivity contribution in [3.8, 4) is 28.7 Å². The number of hydrazone groups is 1. The van der Waals surface area contributed by atoms with Gasteiger partial charge in [-0.15, -0.1) is 0 Å². The highest BCUT2D eigenvalue weighted by atomic mass is 16.5. The highest BCUT2D eigenvalue weighted by Gasteiger charge is 2.10. The number of rotatable bonds is 9. The Kier molecular flexibility index (Phi) is 7.30. The summed E-state index contributed by atoms with van der Waals surface area (Å²) >= 11 is 0. The predicted molar refractivity (Wildman–Crippen MR) is 100 cm³/mol. The van der Waals surface area contributed by atoms with E-state index in [0.29, 0.717) is 34.3 Å². The van der Waals surface area contributed by atoms with E-state index >= 15 is 0 Å². The number of nitrogens with one attached hydrogen (secondary N) is 1. The topological polar surface area (TPSA) is 87.6 Å². The number of benzene rings is 2. The van der Waals surface area contributed by atoms with Gasteiger partial charge in [0, 0.05) is 11.6 Å². The Bertz CT molecular complexity index is 790. The van der Waals surface area contributed by atoms with Crippen molar-refractivity contribution in [3.05, 3.63) is 42.0 Å². The lowest BCUT2D eigenvalue weighted by molar-refractivity contribution is -0.123. The second-order valence-corrected chi connectivity index (χ2v) is 5.21. The molecule has 0 unspecified atom stereocenters. The third-order valence-corrected chi connectivity index (χ3v) is 3.56. The summed E-state index contributed by atoms with van der Waals surface area (Å²) in [5.74, 6) is 2.44. The summed E-state index contributed by atoms with van der Waals surface area (Å²) in [6.07, 6.45) is 1.45. The third kappa shape index (κ3) is 5.53. The van der Waals surface area contributed by atoms with Crippen molar-refractivity contribution in [3.63, 3.8) is 0 Å². The van der Waals surface area contributed by atoms with Gasteiger partial charge in [-0.3, -0.25) is 4.79 Å². The van der Waals surface area contributed by atoms with Crippen LogP contribution >= 0.6 is 0 Å². The quantitative estimate of drug-likeness (QED) is 0.535. The highest BCUT2D eigenvalue weighted by molar-refractivity contribution is 5.86. The van der Waals surface area contributed by atoms with Crippen molar-refractivity contribution >= 4 is 12.1 Å². The minimum atomic E-state index is -0.401. The van der Waals surface area contributed by atoms with E-state index in [0.717, 1.165) is 0 Å². The molecule has 0 heterocycles. The lowest BCUT2D eigenvalue weighted by Crippen LogP contribution is -2.24. The highest BCUT2D eigenvalue weighted by Crippen LogP contribution is 2.33. The average molecular weight is 374 g/mol. The molecule has 0 aliphatic rings. The summed E-state index contributed by atoms with van der Waals surface area (Å²) in [4.78, 5) is 11.9. The maximum absolute atomic E-state index is 11.9. The van der Waals surface area contributed by atoms with E-state index in [9.17, 15) is 4.79 Å².